The number of nitrogens with zero attached hydrogens (tertiary/aromatic N) is 2. The lowest BCUT2D eigenvalue weighted by Crippen LogP contribution is -2.19. The molecule has 0 spiro atoms. The van der Waals surface area contributed by atoms with Crippen LogP contribution in [0.25, 0.3) is 10.6 Å². The Morgan fingerprint density at radius 3 is 2.31 bits per heavy atom. The summed E-state index contributed by atoms with van der Waals surface area (Å²) >= 11 is 1.47. The molecule has 2 N–H and O–H groups in total. The summed E-state index contributed by atoms with van der Waals surface area (Å²) in [6, 6.07) is 11.8. The fourth-order valence-corrected chi connectivity index (χ4v) is 3.66. The van der Waals surface area contributed by atoms with Gasteiger partial charge in [0.2, 0.25) is 0 Å². The number of carbonyl (C=O) groups excluding carboxylic acids is 1. The van der Waals surface area contributed by atoms with Crippen molar-refractivity contribution >= 4 is 23.0 Å². The zero-order valence-electron chi connectivity index (χ0n) is 16.5. The van der Waals surface area contributed by atoms with Crippen molar-refractivity contribution in [1.29, 1.82) is 0 Å². The molecule has 0 saturated carbocycles. The van der Waals surface area contributed by atoms with Crippen LogP contribution in [-0.4, -0.2) is 35.9 Å². The van der Waals surface area contributed by atoms with E-state index in [1.807, 2.05) is 26.0 Å². The molecule has 0 radical (unpaired) electrons. The maximum Gasteiger partial charge on any atom is 0.271 e. The third-order valence-corrected chi connectivity index (χ3v) is 5.49. The van der Waals surface area contributed by atoms with Crippen LogP contribution in [0.3, 0.4) is 0 Å². The van der Waals surface area contributed by atoms with E-state index in [4.69, 9.17) is 9.47 Å². The van der Waals surface area contributed by atoms with Crippen LogP contribution >= 0.6 is 11.3 Å². The van der Waals surface area contributed by atoms with Crippen molar-refractivity contribution in [3.63, 3.8) is 0 Å². The number of phenols is 1. The Labute approximate surface area is 172 Å². The van der Waals surface area contributed by atoms with Gasteiger partial charge in [-0.15, -0.1) is 11.3 Å². The van der Waals surface area contributed by atoms with Gasteiger partial charge in [-0.1, -0.05) is 0 Å². The fourth-order valence-electron chi connectivity index (χ4n) is 2.65. The molecule has 150 valence electrons. The number of hydrogen-bond acceptors (Lipinski definition) is 7. The summed E-state index contributed by atoms with van der Waals surface area (Å²) in [7, 11) is 3.05. The summed E-state index contributed by atoms with van der Waals surface area (Å²) in [5, 5.41) is 14.5. The molecule has 0 atom stereocenters. The Morgan fingerprint density at radius 1 is 1.10 bits per heavy atom. The highest BCUT2D eigenvalue weighted by atomic mass is 32.1. The summed E-state index contributed by atoms with van der Waals surface area (Å²) in [5.41, 5.74) is 5.31. The first kappa shape index (κ1) is 20.3. The van der Waals surface area contributed by atoms with Crippen LogP contribution in [-0.2, 0) is 0 Å². The van der Waals surface area contributed by atoms with E-state index in [0.717, 1.165) is 21.1 Å². The summed E-state index contributed by atoms with van der Waals surface area (Å²) < 4.78 is 10.4. The van der Waals surface area contributed by atoms with Crippen LogP contribution in [0.4, 0.5) is 0 Å². The first-order valence-corrected chi connectivity index (χ1v) is 9.58. The molecule has 1 aromatic heterocycles. The first-order chi connectivity index (χ1) is 13.9. The average Bonchev–Trinajstić information content (AvgIpc) is 3.13. The Morgan fingerprint density at radius 2 is 1.72 bits per heavy atom. The van der Waals surface area contributed by atoms with Gasteiger partial charge >= 0.3 is 0 Å². The fraction of sp³-hybridized carbons (Fsp3) is 0.190. The van der Waals surface area contributed by atoms with Crippen LogP contribution < -0.4 is 14.9 Å². The number of methoxy groups -OCH3 is 2. The van der Waals surface area contributed by atoms with Gasteiger partial charge in [-0.25, -0.2) is 10.4 Å². The topological polar surface area (TPSA) is 93.0 Å². The molecular formula is C21H21N3O4S. The zero-order chi connectivity index (χ0) is 21.0. The lowest BCUT2D eigenvalue weighted by atomic mass is 10.2. The van der Waals surface area contributed by atoms with Crippen molar-refractivity contribution < 1.29 is 19.4 Å². The Bertz CT molecular complexity index is 1040. The van der Waals surface area contributed by atoms with Crippen LogP contribution in [0.15, 0.2) is 47.6 Å². The number of ether oxygens (including phenoxy) is 2. The van der Waals surface area contributed by atoms with Crippen molar-refractivity contribution in [1.82, 2.24) is 10.4 Å². The van der Waals surface area contributed by atoms with Crippen LogP contribution in [0, 0.1) is 6.92 Å². The quantitative estimate of drug-likeness (QED) is 0.472. The van der Waals surface area contributed by atoms with Crippen LogP contribution in [0.5, 0.6) is 17.2 Å². The third kappa shape index (κ3) is 4.72. The Kier molecular flexibility index (Phi) is 6.13. The summed E-state index contributed by atoms with van der Waals surface area (Å²) in [6.45, 7) is 3.71. The molecule has 0 aliphatic heterocycles. The van der Waals surface area contributed by atoms with Crippen LogP contribution in [0.2, 0.25) is 0 Å². The summed E-state index contributed by atoms with van der Waals surface area (Å²) in [4.78, 5) is 17.9. The van der Waals surface area contributed by atoms with E-state index in [-0.39, 0.29) is 11.7 Å². The second kappa shape index (κ2) is 8.74. The van der Waals surface area contributed by atoms with Gasteiger partial charge in [-0.2, -0.15) is 5.10 Å². The lowest BCUT2D eigenvalue weighted by Gasteiger charge is -2.07. The summed E-state index contributed by atoms with van der Waals surface area (Å²) in [6.07, 6.45) is 0. The average molecular weight is 411 g/mol. The molecule has 3 aromatic rings. The number of benzene rings is 2. The number of amides is 1. The highest BCUT2D eigenvalue weighted by Gasteiger charge is 2.14. The van der Waals surface area contributed by atoms with Gasteiger partial charge in [0.1, 0.15) is 22.3 Å². The number of rotatable bonds is 6. The van der Waals surface area contributed by atoms with Gasteiger partial charge in [0.05, 0.1) is 30.5 Å². The number of hydrogen-bond donors (Lipinski definition) is 2. The van der Waals surface area contributed by atoms with Gasteiger partial charge in [0.15, 0.2) is 0 Å². The number of thiazole rings is 1. The number of phenolic OH excluding ortho intramolecular Hbond substituents is 1. The predicted molar refractivity (Wildman–Crippen MR) is 113 cm³/mol. The molecule has 0 fully saturated rings. The maximum atomic E-state index is 12.5. The van der Waals surface area contributed by atoms with E-state index in [0.29, 0.717) is 22.8 Å². The Balaban J connectivity index is 1.79. The van der Waals surface area contributed by atoms with Crippen LogP contribution in [0.1, 0.15) is 27.9 Å². The molecule has 7 nitrogen and oxygen atoms in total. The molecule has 29 heavy (non-hydrogen) atoms. The number of hydrazone groups is 1. The van der Waals surface area contributed by atoms with Crippen molar-refractivity contribution in [3.8, 4) is 27.8 Å². The second-order valence-electron chi connectivity index (χ2n) is 6.22. The van der Waals surface area contributed by atoms with Gasteiger partial charge in [0, 0.05) is 17.2 Å². The smallest absolute Gasteiger partial charge is 0.271 e. The van der Waals surface area contributed by atoms with E-state index >= 15 is 0 Å². The minimum absolute atomic E-state index is 0.205. The standard InChI is InChI=1S/C21H21N3O4S/c1-12-19(29-21(22-12)14-5-7-16(25)8-6-14)13(2)23-24-20(26)15-9-17(27-3)11-18(10-15)28-4/h5-11,25H,1-4H3,(H,24,26)/b23-13+. The summed E-state index contributed by atoms with van der Waals surface area (Å²) in [5.74, 6) is 0.874. The molecule has 0 unspecified atom stereocenters. The third-order valence-electron chi connectivity index (χ3n) is 4.18. The number of aromatic nitrogens is 1. The molecule has 0 bridgehead atoms. The Hall–Kier alpha value is -3.39. The minimum atomic E-state index is -0.373. The predicted octanol–water partition coefficient (Wildman–Crippen LogP) is 4.00. The number of nitrogens with one attached hydrogen (secondary N) is 1. The molecule has 1 amide bonds. The van der Waals surface area contributed by atoms with Crippen molar-refractivity contribution in [2.75, 3.05) is 14.2 Å². The van der Waals surface area contributed by atoms with E-state index in [1.165, 1.54) is 25.6 Å². The van der Waals surface area contributed by atoms with E-state index < -0.39 is 0 Å². The molecule has 0 aliphatic carbocycles. The molecule has 2 aromatic carbocycles. The first-order valence-electron chi connectivity index (χ1n) is 8.76. The highest BCUT2D eigenvalue weighted by molar-refractivity contribution is 7.17. The minimum Gasteiger partial charge on any atom is -0.508 e. The maximum absolute atomic E-state index is 12.5. The van der Waals surface area contributed by atoms with E-state index in [1.54, 1.807) is 30.3 Å². The van der Waals surface area contributed by atoms with Crippen molar-refractivity contribution in [2.24, 2.45) is 5.10 Å². The van der Waals surface area contributed by atoms with Gasteiger partial charge in [-0.3, -0.25) is 4.79 Å². The molecule has 0 aliphatic rings. The largest absolute Gasteiger partial charge is 0.508 e. The van der Waals surface area contributed by atoms with Crippen molar-refractivity contribution in [3.05, 3.63) is 58.6 Å². The molecule has 8 heteroatoms. The molecule has 3 rings (SSSR count). The van der Waals surface area contributed by atoms with Gasteiger partial charge in [0.25, 0.3) is 5.91 Å². The van der Waals surface area contributed by atoms with Gasteiger partial charge < -0.3 is 14.6 Å². The number of aryl methyl sites for hydroxylation is 1. The van der Waals surface area contributed by atoms with E-state index in [9.17, 15) is 9.90 Å². The lowest BCUT2D eigenvalue weighted by molar-refractivity contribution is 0.0954. The number of carbonyl (C=O) groups is 1. The van der Waals surface area contributed by atoms with Crippen molar-refractivity contribution in [2.45, 2.75) is 13.8 Å². The monoisotopic (exact) mass is 411 g/mol. The molecular weight excluding hydrogens is 390 g/mol. The second-order valence-corrected chi connectivity index (χ2v) is 7.22. The molecule has 1 heterocycles. The normalized spacial score (nSPS) is 11.2. The number of aromatic hydroxyl groups is 1. The SMILES string of the molecule is COc1cc(OC)cc(C(=O)N/N=C(\C)c2sc(-c3ccc(O)cc3)nc2C)c1. The zero-order valence-corrected chi connectivity index (χ0v) is 17.3. The van der Waals surface area contributed by atoms with E-state index in [2.05, 4.69) is 15.5 Å². The molecule has 0 saturated heterocycles. The highest BCUT2D eigenvalue weighted by Crippen LogP contribution is 2.29. The van der Waals surface area contributed by atoms with Gasteiger partial charge in [-0.05, 0) is 50.2 Å².